The van der Waals surface area contributed by atoms with Crippen molar-refractivity contribution in [1.29, 1.82) is 0 Å². The second kappa shape index (κ2) is 9.85. The van der Waals surface area contributed by atoms with Crippen LogP contribution < -0.4 is 10.6 Å². The number of carboxylic acids is 1. The van der Waals surface area contributed by atoms with Crippen LogP contribution in [-0.4, -0.2) is 35.0 Å². The van der Waals surface area contributed by atoms with Gasteiger partial charge in [0.25, 0.3) is 0 Å². The van der Waals surface area contributed by atoms with Gasteiger partial charge in [0.1, 0.15) is 17.9 Å². The number of halogens is 2. The molecule has 0 spiro atoms. The molecule has 2 amide bonds. The number of rotatable bonds is 8. The van der Waals surface area contributed by atoms with Gasteiger partial charge >= 0.3 is 5.97 Å². The first-order chi connectivity index (χ1) is 13.2. The second-order valence-corrected chi connectivity index (χ2v) is 6.75. The van der Waals surface area contributed by atoms with E-state index >= 15 is 0 Å². The van der Waals surface area contributed by atoms with Gasteiger partial charge in [-0.2, -0.15) is 0 Å². The van der Waals surface area contributed by atoms with E-state index in [0.717, 1.165) is 0 Å². The zero-order chi connectivity index (χ0) is 20.7. The van der Waals surface area contributed by atoms with Crippen molar-refractivity contribution in [2.24, 2.45) is 0 Å². The number of carboxylic acid groups (broad SMARTS) is 1. The molecular weight excluding hydrogens is 387 g/mol. The lowest BCUT2D eigenvalue weighted by molar-refractivity contribution is -0.142. The van der Waals surface area contributed by atoms with Crippen molar-refractivity contribution in [3.8, 4) is 0 Å². The first-order valence-electron chi connectivity index (χ1n) is 8.53. The number of carbonyl (C=O) groups excluding carboxylic acids is 2. The summed E-state index contributed by atoms with van der Waals surface area (Å²) in [7, 11) is 0. The summed E-state index contributed by atoms with van der Waals surface area (Å²) < 4.78 is 13.1. The molecule has 8 heteroatoms. The largest absolute Gasteiger partial charge is 0.480 e. The molecule has 2 rings (SSSR count). The standard InChI is InChI=1S/C20H20ClFN2O4/c1-12(25)23-17(10-14-4-8-16(22)9-5-14)19(26)24-18(20(27)28)11-13-2-6-15(21)7-3-13/h2-9,17-18H,10-11H2,1H3,(H,23,25)(H,24,26)(H,27,28)/t17-,18-/m0/s1. The van der Waals surface area contributed by atoms with Crippen LogP contribution in [0.25, 0.3) is 0 Å². The second-order valence-electron chi connectivity index (χ2n) is 6.31. The van der Waals surface area contributed by atoms with Gasteiger partial charge in [-0.15, -0.1) is 0 Å². The van der Waals surface area contributed by atoms with Crippen LogP contribution in [0.4, 0.5) is 4.39 Å². The average molecular weight is 407 g/mol. The van der Waals surface area contributed by atoms with Crippen LogP contribution in [0.3, 0.4) is 0 Å². The molecular formula is C20H20ClFN2O4. The third kappa shape index (κ3) is 6.66. The number of hydrogen-bond acceptors (Lipinski definition) is 3. The highest BCUT2D eigenvalue weighted by atomic mass is 35.5. The number of benzene rings is 2. The Morgan fingerprint density at radius 3 is 1.93 bits per heavy atom. The van der Waals surface area contributed by atoms with Crippen molar-refractivity contribution in [2.45, 2.75) is 31.8 Å². The van der Waals surface area contributed by atoms with Gasteiger partial charge in [0.2, 0.25) is 11.8 Å². The highest BCUT2D eigenvalue weighted by Crippen LogP contribution is 2.12. The van der Waals surface area contributed by atoms with Crippen LogP contribution in [0.2, 0.25) is 5.02 Å². The summed E-state index contributed by atoms with van der Waals surface area (Å²) in [5.74, 6) is -2.70. The number of hydrogen-bond donors (Lipinski definition) is 3. The molecule has 0 saturated carbocycles. The SMILES string of the molecule is CC(=O)N[C@@H](Cc1ccc(F)cc1)C(=O)N[C@@H](Cc1ccc(Cl)cc1)C(=O)O. The molecule has 3 N–H and O–H groups in total. The molecule has 28 heavy (non-hydrogen) atoms. The minimum atomic E-state index is -1.20. The van der Waals surface area contributed by atoms with Crippen molar-refractivity contribution in [1.82, 2.24) is 10.6 Å². The van der Waals surface area contributed by atoms with Crippen molar-refractivity contribution in [3.05, 3.63) is 70.5 Å². The van der Waals surface area contributed by atoms with Crippen LogP contribution >= 0.6 is 11.6 Å². The molecule has 2 aromatic rings. The maximum absolute atomic E-state index is 13.1. The first kappa shape index (κ1) is 21.4. The predicted molar refractivity (Wildman–Crippen MR) is 102 cm³/mol. The number of carbonyl (C=O) groups is 3. The minimum absolute atomic E-state index is 0.0571. The number of nitrogens with one attached hydrogen (secondary N) is 2. The Bertz CT molecular complexity index is 840. The van der Waals surface area contributed by atoms with Crippen molar-refractivity contribution in [2.75, 3.05) is 0 Å². The van der Waals surface area contributed by atoms with Crippen LogP contribution in [0.15, 0.2) is 48.5 Å². The van der Waals surface area contributed by atoms with Crippen molar-refractivity contribution >= 4 is 29.4 Å². The Morgan fingerprint density at radius 1 is 0.929 bits per heavy atom. The van der Waals surface area contributed by atoms with Gasteiger partial charge in [-0.1, -0.05) is 35.9 Å². The summed E-state index contributed by atoms with van der Waals surface area (Å²) in [5.41, 5.74) is 1.31. The molecule has 0 saturated heterocycles. The van der Waals surface area contributed by atoms with E-state index < -0.39 is 35.7 Å². The van der Waals surface area contributed by atoms with E-state index in [4.69, 9.17) is 11.6 Å². The summed E-state index contributed by atoms with van der Waals surface area (Å²) in [6, 6.07) is 9.94. The quantitative estimate of drug-likeness (QED) is 0.627. The zero-order valence-electron chi connectivity index (χ0n) is 15.1. The number of amides is 2. The van der Waals surface area contributed by atoms with Gasteiger partial charge in [-0.3, -0.25) is 9.59 Å². The van der Waals surface area contributed by atoms with E-state index in [0.29, 0.717) is 16.1 Å². The Hall–Kier alpha value is -2.93. The molecule has 0 unspecified atom stereocenters. The minimum Gasteiger partial charge on any atom is -0.480 e. The summed E-state index contributed by atoms with van der Waals surface area (Å²) in [6.45, 7) is 1.26. The molecule has 6 nitrogen and oxygen atoms in total. The zero-order valence-corrected chi connectivity index (χ0v) is 15.9. The highest BCUT2D eigenvalue weighted by Gasteiger charge is 2.26. The molecule has 0 aliphatic carbocycles. The van der Waals surface area contributed by atoms with E-state index in [1.165, 1.54) is 31.2 Å². The Kier molecular flexibility index (Phi) is 7.52. The molecule has 0 fully saturated rings. The third-order valence-electron chi connectivity index (χ3n) is 4.01. The molecule has 0 aromatic heterocycles. The fraction of sp³-hybridized carbons (Fsp3) is 0.250. The van der Waals surface area contributed by atoms with E-state index in [2.05, 4.69) is 10.6 Å². The summed E-state index contributed by atoms with van der Waals surface area (Å²) in [5, 5.41) is 14.9. The van der Waals surface area contributed by atoms with Crippen molar-refractivity contribution < 1.29 is 23.9 Å². The molecule has 0 radical (unpaired) electrons. The van der Waals surface area contributed by atoms with Crippen LogP contribution in [-0.2, 0) is 27.2 Å². The third-order valence-corrected chi connectivity index (χ3v) is 4.27. The maximum atomic E-state index is 13.1. The van der Waals surface area contributed by atoms with Gasteiger partial charge in [0, 0.05) is 24.8 Å². The summed E-state index contributed by atoms with van der Waals surface area (Å²) >= 11 is 5.82. The van der Waals surface area contributed by atoms with E-state index in [9.17, 15) is 23.9 Å². The molecule has 2 aromatic carbocycles. The van der Waals surface area contributed by atoms with E-state index in [1.54, 1.807) is 24.3 Å². The Labute approximate surface area is 166 Å². The van der Waals surface area contributed by atoms with Gasteiger partial charge in [-0.05, 0) is 35.4 Å². The van der Waals surface area contributed by atoms with E-state index in [1.807, 2.05) is 0 Å². The first-order valence-corrected chi connectivity index (χ1v) is 8.91. The fourth-order valence-corrected chi connectivity index (χ4v) is 2.77. The maximum Gasteiger partial charge on any atom is 0.326 e. The fourth-order valence-electron chi connectivity index (χ4n) is 2.64. The lowest BCUT2D eigenvalue weighted by Crippen LogP contribution is -2.52. The topological polar surface area (TPSA) is 95.5 Å². The van der Waals surface area contributed by atoms with Crippen LogP contribution in [0.1, 0.15) is 18.1 Å². The van der Waals surface area contributed by atoms with Gasteiger partial charge in [-0.25, -0.2) is 9.18 Å². The monoisotopic (exact) mass is 406 g/mol. The molecule has 0 aliphatic rings. The van der Waals surface area contributed by atoms with Crippen molar-refractivity contribution in [3.63, 3.8) is 0 Å². The molecule has 0 bridgehead atoms. The number of aliphatic carboxylic acids is 1. The highest BCUT2D eigenvalue weighted by molar-refractivity contribution is 6.30. The van der Waals surface area contributed by atoms with Gasteiger partial charge in [0.05, 0.1) is 0 Å². The Balaban J connectivity index is 2.11. The van der Waals surface area contributed by atoms with Crippen LogP contribution in [0, 0.1) is 5.82 Å². The normalized spacial score (nSPS) is 12.7. The van der Waals surface area contributed by atoms with Gasteiger partial charge in [0.15, 0.2) is 0 Å². The molecule has 0 heterocycles. The summed E-state index contributed by atoms with van der Waals surface area (Å²) in [6.07, 6.45) is 0.153. The van der Waals surface area contributed by atoms with E-state index in [-0.39, 0.29) is 12.8 Å². The lowest BCUT2D eigenvalue weighted by Gasteiger charge is -2.21. The smallest absolute Gasteiger partial charge is 0.326 e. The molecule has 148 valence electrons. The van der Waals surface area contributed by atoms with Gasteiger partial charge < -0.3 is 15.7 Å². The molecule has 2 atom stereocenters. The average Bonchev–Trinajstić information content (AvgIpc) is 2.63. The lowest BCUT2D eigenvalue weighted by atomic mass is 10.0. The Morgan fingerprint density at radius 2 is 1.43 bits per heavy atom. The predicted octanol–water partition coefficient (Wildman–Crippen LogP) is 2.34. The molecule has 0 aliphatic heterocycles. The van der Waals surface area contributed by atoms with Crippen LogP contribution in [0.5, 0.6) is 0 Å². The summed E-state index contributed by atoms with van der Waals surface area (Å²) in [4.78, 5) is 35.7.